The Bertz CT molecular complexity index is 1030. The van der Waals surface area contributed by atoms with E-state index in [1.807, 2.05) is 13.8 Å². The number of piperazine rings is 1. The Kier molecular flexibility index (Phi) is 5.21. The van der Waals surface area contributed by atoms with Gasteiger partial charge in [0.25, 0.3) is 0 Å². The second kappa shape index (κ2) is 7.12. The molecule has 3 aliphatic rings. The third-order valence-electron chi connectivity index (χ3n) is 8.54. The minimum Gasteiger partial charge on any atom is -0.350 e. The molecule has 2 saturated carbocycles. The number of fused-ring (bicyclic) bond motifs is 2. The molecule has 1 aromatic heterocycles. The number of aromatic nitrogens is 2. The Balaban J connectivity index is 1.49. The molecule has 7 nitrogen and oxygen atoms in total. The second-order valence-electron chi connectivity index (χ2n) is 10.3. The van der Waals surface area contributed by atoms with E-state index >= 15 is 0 Å². The lowest BCUT2D eigenvalue weighted by molar-refractivity contribution is -0.141. The highest BCUT2D eigenvalue weighted by Crippen LogP contribution is 2.70. The van der Waals surface area contributed by atoms with Gasteiger partial charge in [-0.2, -0.15) is 17.5 Å². The van der Waals surface area contributed by atoms with Crippen molar-refractivity contribution in [2.45, 2.75) is 59.2 Å². The fourth-order valence-electron chi connectivity index (χ4n) is 5.90. The minimum atomic E-state index is -4.56. The van der Waals surface area contributed by atoms with E-state index in [9.17, 15) is 26.4 Å². The molecule has 0 N–H and O–H groups in total. The van der Waals surface area contributed by atoms with E-state index in [2.05, 4.69) is 17.1 Å². The van der Waals surface area contributed by atoms with E-state index in [1.165, 1.54) is 10.4 Å². The summed E-state index contributed by atoms with van der Waals surface area (Å²) >= 11 is 0. The molecule has 4 rings (SSSR count). The molecule has 178 valence electrons. The van der Waals surface area contributed by atoms with E-state index in [4.69, 9.17) is 0 Å². The van der Waals surface area contributed by atoms with Crippen LogP contribution in [0.2, 0.25) is 0 Å². The summed E-state index contributed by atoms with van der Waals surface area (Å²) in [6.07, 6.45) is -2.71. The van der Waals surface area contributed by atoms with Crippen LogP contribution in [-0.4, -0.2) is 60.1 Å². The molecule has 32 heavy (non-hydrogen) atoms. The molecule has 2 bridgehead atoms. The van der Waals surface area contributed by atoms with Crippen molar-refractivity contribution in [2.24, 2.45) is 16.2 Å². The predicted octanol–water partition coefficient (Wildman–Crippen LogP) is 3.12. The van der Waals surface area contributed by atoms with Crippen molar-refractivity contribution in [3.05, 3.63) is 17.8 Å². The third-order valence-corrected chi connectivity index (χ3v) is 10.5. The van der Waals surface area contributed by atoms with Gasteiger partial charge in [-0.1, -0.05) is 20.8 Å². The number of anilines is 1. The molecule has 11 heteroatoms. The fourth-order valence-corrected chi connectivity index (χ4v) is 8.17. The maximum atomic E-state index is 13.4. The van der Waals surface area contributed by atoms with E-state index < -0.39 is 32.7 Å². The molecule has 2 aliphatic carbocycles. The summed E-state index contributed by atoms with van der Waals surface area (Å²) in [5.74, 6) is 0.139. The zero-order chi connectivity index (χ0) is 23.7. The number of sulfonamides is 1. The molecule has 1 aromatic rings. The fraction of sp³-hybridized carbons (Fsp3) is 0.762. The molecule has 0 aromatic carbocycles. The zero-order valence-electron chi connectivity index (χ0n) is 18.7. The largest absolute Gasteiger partial charge is 0.435 e. The van der Waals surface area contributed by atoms with Gasteiger partial charge < -0.3 is 4.90 Å². The number of nitrogens with zero attached hydrogens (tertiary/aromatic N) is 4. The van der Waals surface area contributed by atoms with Crippen LogP contribution < -0.4 is 4.90 Å². The van der Waals surface area contributed by atoms with Crippen LogP contribution in [-0.2, 0) is 21.0 Å². The summed E-state index contributed by atoms with van der Waals surface area (Å²) in [5.41, 5.74) is -2.50. The number of alkyl halides is 3. The summed E-state index contributed by atoms with van der Waals surface area (Å²) in [4.78, 5) is 14.7. The van der Waals surface area contributed by atoms with E-state index in [0.29, 0.717) is 12.8 Å². The first-order chi connectivity index (χ1) is 14.6. The summed E-state index contributed by atoms with van der Waals surface area (Å²) in [5, 5.41) is 6.96. The molecule has 3 fully saturated rings. The molecule has 0 spiro atoms. The lowest BCUT2D eigenvalue weighted by Gasteiger charge is -2.43. The highest BCUT2D eigenvalue weighted by atomic mass is 32.2. The minimum absolute atomic E-state index is 0.0477. The van der Waals surface area contributed by atoms with E-state index in [0.717, 1.165) is 12.5 Å². The average molecular weight is 475 g/mol. The summed E-state index contributed by atoms with van der Waals surface area (Å²) in [6, 6.07) is 1.83. The number of halogens is 3. The Morgan fingerprint density at radius 1 is 1.12 bits per heavy atom. The van der Waals surface area contributed by atoms with Crippen molar-refractivity contribution in [3.63, 3.8) is 0 Å². The maximum absolute atomic E-state index is 13.4. The van der Waals surface area contributed by atoms with Crippen LogP contribution in [0, 0.1) is 16.2 Å². The van der Waals surface area contributed by atoms with Crippen LogP contribution in [0.15, 0.2) is 12.1 Å². The topological polar surface area (TPSA) is 83.5 Å². The van der Waals surface area contributed by atoms with Gasteiger partial charge in [-0.3, -0.25) is 4.79 Å². The first-order valence-electron chi connectivity index (χ1n) is 10.8. The Morgan fingerprint density at radius 3 is 2.28 bits per heavy atom. The average Bonchev–Trinajstić information content (AvgIpc) is 2.96. The molecular weight excluding hydrogens is 445 g/mol. The summed E-state index contributed by atoms with van der Waals surface area (Å²) in [6.45, 7) is 8.55. The highest BCUT2D eigenvalue weighted by Gasteiger charge is 2.70. The van der Waals surface area contributed by atoms with Gasteiger partial charge in [-0.05, 0) is 42.7 Å². The normalized spacial score (nSPS) is 33.2. The lowest BCUT2D eigenvalue weighted by atomic mass is 9.66. The lowest BCUT2D eigenvalue weighted by Crippen LogP contribution is -2.56. The van der Waals surface area contributed by atoms with Gasteiger partial charge in [0.15, 0.2) is 11.5 Å². The standard InChI is InChI=1S/C21H29F3N4O3S/c1-14-12-27(9-10-28(14)17-6-5-15(25-26-17)21(22,23)24)32(30,31)13-20-8-7-19(4,11-16(20)29)18(20,2)3/h5-6,14H,7-13H2,1-4H3/t14-,19+,20+/m0/s1. The first kappa shape index (κ1) is 23.4. The number of carbonyl (C=O) groups is 1. The summed E-state index contributed by atoms with van der Waals surface area (Å²) < 4.78 is 66.5. The van der Waals surface area contributed by atoms with Crippen LogP contribution >= 0.6 is 0 Å². The van der Waals surface area contributed by atoms with Crippen molar-refractivity contribution in [2.75, 3.05) is 30.3 Å². The van der Waals surface area contributed by atoms with Crippen molar-refractivity contribution in [1.82, 2.24) is 14.5 Å². The number of carbonyl (C=O) groups excluding carboxylic acids is 1. The quantitative estimate of drug-likeness (QED) is 0.667. The van der Waals surface area contributed by atoms with Crippen LogP contribution in [0.1, 0.15) is 52.7 Å². The first-order valence-corrected chi connectivity index (χ1v) is 12.4. The van der Waals surface area contributed by atoms with Crippen molar-refractivity contribution in [3.8, 4) is 0 Å². The zero-order valence-corrected chi connectivity index (χ0v) is 19.6. The molecule has 1 saturated heterocycles. The molecule has 3 atom stereocenters. The number of rotatable bonds is 4. The number of ketones is 1. The molecule has 0 unspecified atom stereocenters. The number of hydrogen-bond donors (Lipinski definition) is 0. The molecular formula is C21H29F3N4O3S. The molecule has 0 radical (unpaired) electrons. The number of hydrogen-bond acceptors (Lipinski definition) is 6. The van der Waals surface area contributed by atoms with Crippen molar-refractivity contribution in [1.29, 1.82) is 0 Å². The Hall–Kier alpha value is -1.75. The molecule has 1 aliphatic heterocycles. The van der Waals surface area contributed by atoms with Gasteiger partial charge in [-0.15, -0.1) is 10.2 Å². The van der Waals surface area contributed by atoms with Crippen molar-refractivity contribution < 1.29 is 26.4 Å². The van der Waals surface area contributed by atoms with Crippen LogP contribution in [0.25, 0.3) is 0 Å². The maximum Gasteiger partial charge on any atom is 0.435 e. The molecule has 2 heterocycles. The summed E-state index contributed by atoms with van der Waals surface area (Å²) in [7, 11) is -3.70. The van der Waals surface area contributed by atoms with Gasteiger partial charge in [0.1, 0.15) is 5.78 Å². The smallest absolute Gasteiger partial charge is 0.350 e. The van der Waals surface area contributed by atoms with Crippen LogP contribution in [0.5, 0.6) is 0 Å². The monoisotopic (exact) mass is 474 g/mol. The van der Waals surface area contributed by atoms with Crippen LogP contribution in [0.4, 0.5) is 19.0 Å². The Morgan fingerprint density at radius 2 is 1.81 bits per heavy atom. The third kappa shape index (κ3) is 3.34. The van der Waals surface area contributed by atoms with Gasteiger partial charge in [0, 0.05) is 37.5 Å². The van der Waals surface area contributed by atoms with Crippen LogP contribution in [0.3, 0.4) is 0 Å². The van der Waals surface area contributed by atoms with Gasteiger partial charge in [0.2, 0.25) is 10.0 Å². The number of Topliss-reactive ketones (excluding diaryl/α,β-unsaturated/α-hetero) is 1. The molecule has 0 amide bonds. The van der Waals surface area contributed by atoms with Gasteiger partial charge in [-0.25, -0.2) is 8.42 Å². The predicted molar refractivity (Wildman–Crippen MR) is 112 cm³/mol. The second-order valence-corrected chi connectivity index (χ2v) is 12.3. The van der Waals surface area contributed by atoms with Crippen molar-refractivity contribution >= 4 is 21.6 Å². The van der Waals surface area contributed by atoms with E-state index in [-0.39, 0.29) is 48.4 Å². The highest BCUT2D eigenvalue weighted by molar-refractivity contribution is 7.89. The van der Waals surface area contributed by atoms with Gasteiger partial charge in [0.05, 0.1) is 5.75 Å². The van der Waals surface area contributed by atoms with E-state index in [1.54, 1.807) is 11.8 Å². The van der Waals surface area contributed by atoms with Gasteiger partial charge >= 0.3 is 6.18 Å². The SMILES string of the molecule is C[C@H]1CN(S(=O)(=O)C[C@]23CC[C@](C)(CC2=O)C3(C)C)CCN1c1ccc(C(F)(F)F)nn1. The Labute approximate surface area is 186 Å².